The van der Waals surface area contributed by atoms with Gasteiger partial charge in [-0.15, -0.1) is 0 Å². The van der Waals surface area contributed by atoms with Crippen molar-refractivity contribution in [3.05, 3.63) is 35.9 Å². The van der Waals surface area contributed by atoms with E-state index in [0.717, 1.165) is 6.20 Å². The average molecular weight is 153 g/mol. The number of hydrogen-bond acceptors (Lipinski definition) is 2. The number of halogens is 1. The van der Waals surface area contributed by atoms with Gasteiger partial charge in [0.25, 0.3) is 0 Å². The number of pyridine rings is 1. The molecule has 0 spiro atoms. The first-order chi connectivity index (χ1) is 5.25. The number of aliphatic hydroxyl groups excluding tert-OH is 1. The van der Waals surface area contributed by atoms with Crippen LogP contribution in [0.5, 0.6) is 0 Å². The van der Waals surface area contributed by atoms with Gasteiger partial charge in [0.15, 0.2) is 5.82 Å². The van der Waals surface area contributed by atoms with Crippen molar-refractivity contribution < 1.29 is 9.50 Å². The summed E-state index contributed by atoms with van der Waals surface area (Å²) < 4.78 is 12.8. The molecule has 58 valence electrons. The Balaban J connectivity index is 3.14. The molecule has 0 amide bonds. The molecule has 0 radical (unpaired) electrons. The zero-order chi connectivity index (χ0) is 8.27. The third-order valence-electron chi connectivity index (χ3n) is 1.32. The topological polar surface area (TPSA) is 33.1 Å². The Morgan fingerprint density at radius 3 is 3.00 bits per heavy atom. The maximum absolute atomic E-state index is 12.8. The molecule has 0 atom stereocenters. The maximum atomic E-state index is 12.8. The number of rotatable bonds is 1. The van der Waals surface area contributed by atoms with E-state index in [1.807, 2.05) is 0 Å². The fourth-order valence-electron chi connectivity index (χ4n) is 0.738. The molecule has 0 aliphatic rings. The first-order valence-electron chi connectivity index (χ1n) is 3.21. The fraction of sp³-hybridized carbons (Fsp3) is 0.125. The summed E-state index contributed by atoms with van der Waals surface area (Å²) in [4.78, 5) is 3.55. The molecule has 2 nitrogen and oxygen atoms in total. The molecule has 1 aromatic heterocycles. The van der Waals surface area contributed by atoms with Crippen LogP contribution in [-0.2, 0) is 0 Å². The van der Waals surface area contributed by atoms with Crippen molar-refractivity contribution in [2.24, 2.45) is 0 Å². The van der Waals surface area contributed by atoms with Gasteiger partial charge in [-0.1, -0.05) is 0 Å². The predicted molar refractivity (Wildman–Crippen MR) is 40.5 cm³/mol. The summed E-state index contributed by atoms with van der Waals surface area (Å²) in [5.74, 6) is -0.576. The van der Waals surface area contributed by atoms with Crippen molar-refractivity contribution in [3.63, 3.8) is 0 Å². The normalized spacial score (nSPS) is 11.6. The third kappa shape index (κ3) is 1.55. The van der Waals surface area contributed by atoms with Crippen molar-refractivity contribution in [2.45, 2.75) is 6.92 Å². The molecular weight excluding hydrogens is 145 g/mol. The van der Waals surface area contributed by atoms with Gasteiger partial charge < -0.3 is 5.11 Å². The van der Waals surface area contributed by atoms with E-state index in [2.05, 4.69) is 4.98 Å². The minimum absolute atomic E-state index is 0.0649. The van der Waals surface area contributed by atoms with Gasteiger partial charge >= 0.3 is 0 Å². The lowest BCUT2D eigenvalue weighted by Gasteiger charge is -1.98. The maximum Gasteiger partial charge on any atom is 0.152 e. The van der Waals surface area contributed by atoms with E-state index in [1.54, 1.807) is 6.92 Å². The molecule has 1 aromatic rings. The van der Waals surface area contributed by atoms with Crippen LogP contribution in [0.25, 0.3) is 5.76 Å². The number of nitrogens with zero attached hydrogens (tertiary/aromatic N) is 1. The van der Waals surface area contributed by atoms with Gasteiger partial charge in [0.2, 0.25) is 0 Å². The van der Waals surface area contributed by atoms with Gasteiger partial charge in [-0.3, -0.25) is 4.98 Å². The van der Waals surface area contributed by atoms with Gasteiger partial charge in [0.05, 0.1) is 11.8 Å². The molecule has 0 aliphatic heterocycles. The van der Waals surface area contributed by atoms with Crippen LogP contribution >= 0.6 is 0 Å². The Kier molecular flexibility index (Phi) is 2.21. The molecule has 0 bridgehead atoms. The minimum Gasteiger partial charge on any atom is -0.508 e. The highest BCUT2D eigenvalue weighted by atomic mass is 19.1. The van der Waals surface area contributed by atoms with Crippen LogP contribution in [0.4, 0.5) is 4.39 Å². The van der Waals surface area contributed by atoms with Gasteiger partial charge in [-0.05, 0) is 19.1 Å². The summed E-state index contributed by atoms with van der Waals surface area (Å²) in [7, 11) is 0. The second-order valence-corrected chi connectivity index (χ2v) is 2.03. The Labute approximate surface area is 64.0 Å². The lowest BCUT2D eigenvalue weighted by Crippen LogP contribution is -1.88. The van der Waals surface area contributed by atoms with Gasteiger partial charge in [-0.25, -0.2) is 4.39 Å². The van der Waals surface area contributed by atoms with E-state index < -0.39 is 5.82 Å². The summed E-state index contributed by atoms with van der Waals surface area (Å²) >= 11 is 0. The predicted octanol–water partition coefficient (Wildman–Crippen LogP) is 2.14. The molecule has 0 fully saturated rings. The Morgan fingerprint density at radius 1 is 1.73 bits per heavy atom. The van der Waals surface area contributed by atoms with Gasteiger partial charge in [0, 0.05) is 6.20 Å². The molecule has 1 heterocycles. The second-order valence-electron chi connectivity index (χ2n) is 2.03. The SMILES string of the molecule is C/C=C(\O)c1ccncc1F. The van der Waals surface area contributed by atoms with Crippen LogP contribution in [0.15, 0.2) is 24.5 Å². The van der Waals surface area contributed by atoms with E-state index in [4.69, 9.17) is 5.11 Å². The van der Waals surface area contributed by atoms with Crippen LogP contribution in [0.1, 0.15) is 12.5 Å². The Bertz CT molecular complexity index is 283. The van der Waals surface area contributed by atoms with E-state index in [9.17, 15) is 4.39 Å². The Morgan fingerprint density at radius 2 is 2.45 bits per heavy atom. The highest BCUT2D eigenvalue weighted by Crippen LogP contribution is 2.13. The number of aliphatic hydroxyl groups is 1. The molecular formula is C8H8FNO. The monoisotopic (exact) mass is 153 g/mol. The van der Waals surface area contributed by atoms with Crippen LogP contribution in [0.2, 0.25) is 0 Å². The summed E-state index contributed by atoms with van der Waals surface area (Å²) in [6.07, 6.45) is 3.92. The highest BCUT2D eigenvalue weighted by molar-refractivity contribution is 5.57. The van der Waals surface area contributed by atoms with E-state index in [1.165, 1.54) is 18.3 Å². The van der Waals surface area contributed by atoms with E-state index >= 15 is 0 Å². The zero-order valence-electron chi connectivity index (χ0n) is 6.08. The van der Waals surface area contributed by atoms with Crippen molar-refractivity contribution in [1.82, 2.24) is 4.98 Å². The lowest BCUT2D eigenvalue weighted by molar-refractivity contribution is 0.500. The third-order valence-corrected chi connectivity index (χ3v) is 1.32. The van der Waals surface area contributed by atoms with E-state index in [-0.39, 0.29) is 11.3 Å². The van der Waals surface area contributed by atoms with E-state index in [0.29, 0.717) is 0 Å². The van der Waals surface area contributed by atoms with Crippen molar-refractivity contribution >= 4 is 5.76 Å². The molecule has 0 saturated heterocycles. The summed E-state index contributed by atoms with van der Waals surface area (Å²) in [5, 5.41) is 9.10. The highest BCUT2D eigenvalue weighted by Gasteiger charge is 2.03. The largest absolute Gasteiger partial charge is 0.508 e. The smallest absolute Gasteiger partial charge is 0.152 e. The van der Waals surface area contributed by atoms with Gasteiger partial charge in [0.1, 0.15) is 5.76 Å². The Hall–Kier alpha value is -1.38. The molecule has 3 heteroatoms. The van der Waals surface area contributed by atoms with Crippen molar-refractivity contribution in [3.8, 4) is 0 Å². The van der Waals surface area contributed by atoms with Crippen LogP contribution in [-0.4, -0.2) is 10.1 Å². The van der Waals surface area contributed by atoms with Crippen molar-refractivity contribution in [2.75, 3.05) is 0 Å². The molecule has 0 aliphatic carbocycles. The number of allylic oxidation sites excluding steroid dienone is 1. The van der Waals surface area contributed by atoms with Crippen LogP contribution in [0, 0.1) is 5.82 Å². The second kappa shape index (κ2) is 3.14. The summed E-state index contributed by atoms with van der Waals surface area (Å²) in [5.41, 5.74) is 0.183. The first kappa shape index (κ1) is 7.72. The zero-order valence-corrected chi connectivity index (χ0v) is 6.08. The summed E-state index contributed by atoms with van der Waals surface area (Å²) in [6, 6.07) is 1.42. The average Bonchev–Trinajstić information content (AvgIpc) is 2.04. The van der Waals surface area contributed by atoms with Crippen LogP contribution < -0.4 is 0 Å². The quantitative estimate of drug-likeness (QED) is 0.627. The van der Waals surface area contributed by atoms with Crippen LogP contribution in [0.3, 0.4) is 0 Å². The first-order valence-corrected chi connectivity index (χ1v) is 3.21. The molecule has 0 saturated carbocycles. The number of hydrogen-bond donors (Lipinski definition) is 1. The van der Waals surface area contributed by atoms with Crippen molar-refractivity contribution in [1.29, 1.82) is 0 Å². The lowest BCUT2D eigenvalue weighted by atomic mass is 10.2. The molecule has 11 heavy (non-hydrogen) atoms. The molecule has 0 aromatic carbocycles. The van der Waals surface area contributed by atoms with Gasteiger partial charge in [-0.2, -0.15) is 0 Å². The molecule has 0 unspecified atom stereocenters. The standard InChI is InChI=1S/C8H8FNO/c1-2-8(11)6-3-4-10-5-7(6)9/h2-5,11H,1H3/b8-2-. The minimum atomic E-state index is -0.511. The summed E-state index contributed by atoms with van der Waals surface area (Å²) in [6.45, 7) is 1.63. The molecule has 1 rings (SSSR count). The fourth-order valence-corrected chi connectivity index (χ4v) is 0.738. The number of aromatic nitrogens is 1. The molecule has 1 N–H and O–H groups in total.